The largest absolute Gasteiger partial charge is 0.102 e. The van der Waals surface area contributed by atoms with Gasteiger partial charge in [-0.25, -0.2) is 0 Å². The van der Waals surface area contributed by atoms with Crippen molar-refractivity contribution in [3.05, 3.63) is 53.9 Å². The Balaban J connectivity index is 3.20. The van der Waals surface area contributed by atoms with Gasteiger partial charge in [-0.3, -0.25) is 0 Å². The molecular formula is C13H16Cl. The molecule has 1 rings (SSSR count). The van der Waals surface area contributed by atoms with Crippen molar-refractivity contribution in [3.8, 4) is 0 Å². The lowest BCUT2D eigenvalue weighted by Gasteiger charge is -2.14. The maximum atomic E-state index is 6.29. The maximum absolute atomic E-state index is 6.29. The van der Waals surface area contributed by atoms with E-state index in [4.69, 9.17) is 11.6 Å². The van der Waals surface area contributed by atoms with Crippen LogP contribution in [0.25, 0.3) is 0 Å². The van der Waals surface area contributed by atoms with Crippen molar-refractivity contribution in [2.75, 3.05) is 0 Å². The van der Waals surface area contributed by atoms with Crippen LogP contribution in [0.15, 0.2) is 30.9 Å². The molecule has 1 radical (unpaired) electrons. The van der Waals surface area contributed by atoms with Gasteiger partial charge in [-0.2, -0.15) is 0 Å². The van der Waals surface area contributed by atoms with Crippen LogP contribution in [-0.2, 0) is 0 Å². The summed E-state index contributed by atoms with van der Waals surface area (Å²) in [5, 5.41) is 0.836. The quantitative estimate of drug-likeness (QED) is 0.638. The summed E-state index contributed by atoms with van der Waals surface area (Å²) in [6, 6.07) is 6.10. The molecule has 0 aliphatic carbocycles. The summed E-state index contributed by atoms with van der Waals surface area (Å²) in [4.78, 5) is 0. The number of benzene rings is 1. The third kappa shape index (κ3) is 2.19. The van der Waals surface area contributed by atoms with Gasteiger partial charge < -0.3 is 0 Å². The van der Waals surface area contributed by atoms with E-state index in [-0.39, 0.29) is 5.92 Å². The molecule has 0 bridgehead atoms. The Bertz CT molecular complexity index is 326. The van der Waals surface area contributed by atoms with E-state index >= 15 is 0 Å². The van der Waals surface area contributed by atoms with Crippen molar-refractivity contribution >= 4 is 11.6 Å². The molecule has 0 saturated heterocycles. The molecular weight excluding hydrogens is 192 g/mol. The number of allylic oxidation sites excluding steroid dienone is 1. The highest BCUT2D eigenvalue weighted by Gasteiger charge is 2.11. The second-order valence-corrected chi connectivity index (χ2v) is 4.13. The van der Waals surface area contributed by atoms with Crippen LogP contribution < -0.4 is 0 Å². The predicted octanol–water partition coefficient (Wildman–Crippen LogP) is 4.57. The molecule has 1 heteroatoms. The van der Waals surface area contributed by atoms with Crippen LogP contribution in [0, 0.1) is 6.92 Å². The fourth-order valence-corrected chi connectivity index (χ4v) is 1.91. The average Bonchev–Trinajstić information content (AvgIpc) is 2.16. The average molecular weight is 208 g/mol. The molecule has 1 unspecified atom stereocenters. The maximum Gasteiger partial charge on any atom is 0.0478 e. The third-order valence-electron chi connectivity index (χ3n) is 2.36. The number of rotatable bonds is 3. The van der Waals surface area contributed by atoms with Crippen LogP contribution >= 0.6 is 11.6 Å². The van der Waals surface area contributed by atoms with Crippen molar-refractivity contribution in [2.45, 2.75) is 25.7 Å². The fraction of sp³-hybridized carbons (Fsp3) is 0.308. The van der Waals surface area contributed by atoms with E-state index in [1.54, 1.807) is 0 Å². The van der Waals surface area contributed by atoms with Crippen LogP contribution in [0.5, 0.6) is 0 Å². The van der Waals surface area contributed by atoms with Crippen molar-refractivity contribution < 1.29 is 0 Å². The van der Waals surface area contributed by atoms with Gasteiger partial charge in [0.1, 0.15) is 0 Å². The number of halogens is 1. The van der Waals surface area contributed by atoms with Gasteiger partial charge in [0.15, 0.2) is 0 Å². The van der Waals surface area contributed by atoms with Gasteiger partial charge in [0.05, 0.1) is 0 Å². The molecule has 0 heterocycles. The summed E-state index contributed by atoms with van der Waals surface area (Å²) in [5.41, 5.74) is 2.24. The van der Waals surface area contributed by atoms with Gasteiger partial charge in [-0.05, 0) is 24.0 Å². The van der Waals surface area contributed by atoms with Crippen molar-refractivity contribution in [1.29, 1.82) is 0 Å². The lowest BCUT2D eigenvalue weighted by atomic mass is 9.95. The molecule has 0 spiro atoms. The van der Waals surface area contributed by atoms with E-state index in [2.05, 4.69) is 33.4 Å². The van der Waals surface area contributed by atoms with Crippen molar-refractivity contribution in [2.24, 2.45) is 0 Å². The van der Waals surface area contributed by atoms with Crippen LogP contribution in [-0.4, -0.2) is 0 Å². The molecule has 0 amide bonds. The summed E-state index contributed by atoms with van der Waals surface area (Å²) < 4.78 is 0. The number of hydrogen-bond acceptors (Lipinski definition) is 0. The molecule has 14 heavy (non-hydrogen) atoms. The predicted molar refractivity (Wildman–Crippen MR) is 63.8 cm³/mol. The summed E-state index contributed by atoms with van der Waals surface area (Å²) in [6.45, 7) is 12.0. The highest BCUT2D eigenvalue weighted by molar-refractivity contribution is 6.32. The molecule has 0 fully saturated rings. The van der Waals surface area contributed by atoms with Crippen LogP contribution in [0.4, 0.5) is 0 Å². The lowest BCUT2D eigenvalue weighted by molar-refractivity contribution is 0.861. The SMILES string of the molecule is [CH2]C(C=C)c1cccc(C(C)C)c1Cl. The molecule has 1 aromatic rings. The molecule has 0 saturated carbocycles. The fourth-order valence-electron chi connectivity index (χ4n) is 1.43. The van der Waals surface area contributed by atoms with Crippen LogP contribution in [0.1, 0.15) is 36.8 Å². The van der Waals surface area contributed by atoms with Gasteiger partial charge in [0, 0.05) is 10.9 Å². The first-order valence-electron chi connectivity index (χ1n) is 4.81. The molecule has 0 nitrogen and oxygen atoms in total. The van der Waals surface area contributed by atoms with E-state index in [1.807, 2.05) is 18.2 Å². The van der Waals surface area contributed by atoms with E-state index in [9.17, 15) is 0 Å². The summed E-state index contributed by atoms with van der Waals surface area (Å²) in [5.74, 6) is 0.515. The molecule has 0 aliphatic rings. The zero-order valence-corrected chi connectivity index (χ0v) is 9.51. The second-order valence-electron chi connectivity index (χ2n) is 3.75. The zero-order chi connectivity index (χ0) is 10.7. The third-order valence-corrected chi connectivity index (χ3v) is 2.80. The van der Waals surface area contributed by atoms with Crippen molar-refractivity contribution in [1.82, 2.24) is 0 Å². The Hall–Kier alpha value is -0.750. The topological polar surface area (TPSA) is 0 Å². The van der Waals surface area contributed by atoms with Gasteiger partial charge >= 0.3 is 0 Å². The second kappa shape index (κ2) is 4.65. The van der Waals surface area contributed by atoms with E-state index in [0.717, 1.165) is 10.6 Å². The molecule has 0 N–H and O–H groups in total. The van der Waals surface area contributed by atoms with Gasteiger partial charge in [0.25, 0.3) is 0 Å². The van der Waals surface area contributed by atoms with Gasteiger partial charge in [-0.15, -0.1) is 6.58 Å². The number of hydrogen-bond donors (Lipinski definition) is 0. The normalized spacial score (nSPS) is 12.9. The van der Waals surface area contributed by atoms with Gasteiger partial charge in [-0.1, -0.05) is 49.7 Å². The van der Waals surface area contributed by atoms with Crippen LogP contribution in [0.3, 0.4) is 0 Å². The first-order valence-corrected chi connectivity index (χ1v) is 5.19. The van der Waals surface area contributed by atoms with E-state index in [0.29, 0.717) is 5.92 Å². The molecule has 0 aliphatic heterocycles. The molecule has 0 aromatic heterocycles. The van der Waals surface area contributed by atoms with Crippen molar-refractivity contribution in [3.63, 3.8) is 0 Å². The molecule has 1 atom stereocenters. The Labute approximate surface area is 91.6 Å². The first kappa shape index (κ1) is 11.3. The zero-order valence-electron chi connectivity index (χ0n) is 8.76. The Morgan fingerprint density at radius 2 is 1.86 bits per heavy atom. The summed E-state index contributed by atoms with van der Waals surface area (Å²) >= 11 is 6.29. The first-order chi connectivity index (χ1) is 6.57. The lowest BCUT2D eigenvalue weighted by Crippen LogP contribution is -1.96. The molecule has 75 valence electrons. The van der Waals surface area contributed by atoms with Gasteiger partial charge in [0.2, 0.25) is 0 Å². The van der Waals surface area contributed by atoms with E-state index < -0.39 is 0 Å². The van der Waals surface area contributed by atoms with E-state index in [1.165, 1.54) is 5.56 Å². The minimum atomic E-state index is 0.0706. The summed E-state index contributed by atoms with van der Waals surface area (Å²) in [7, 11) is 0. The standard InChI is InChI=1S/C13H16Cl/c1-5-10(4)12-8-6-7-11(9(2)3)13(12)14/h5-10H,1,4H2,2-3H3. The highest BCUT2D eigenvalue weighted by Crippen LogP contribution is 2.31. The minimum absolute atomic E-state index is 0.0706. The Morgan fingerprint density at radius 1 is 1.29 bits per heavy atom. The Kier molecular flexibility index (Phi) is 3.77. The Morgan fingerprint density at radius 3 is 2.36 bits per heavy atom. The van der Waals surface area contributed by atoms with Crippen LogP contribution in [0.2, 0.25) is 5.02 Å². The highest BCUT2D eigenvalue weighted by atomic mass is 35.5. The monoisotopic (exact) mass is 207 g/mol. The minimum Gasteiger partial charge on any atom is -0.102 e. The summed E-state index contributed by atoms with van der Waals surface area (Å²) in [6.07, 6.45) is 1.81. The molecule has 1 aromatic carbocycles. The smallest absolute Gasteiger partial charge is 0.0478 e.